The van der Waals surface area contributed by atoms with Crippen molar-refractivity contribution in [2.75, 3.05) is 18.5 Å². The molecule has 0 saturated heterocycles. The Bertz CT molecular complexity index is 410. The van der Waals surface area contributed by atoms with Crippen molar-refractivity contribution in [1.82, 2.24) is 0 Å². The zero-order chi connectivity index (χ0) is 14.1. The summed E-state index contributed by atoms with van der Waals surface area (Å²) in [5.74, 6) is -1.12. The maximum atomic E-state index is 13.2. The van der Waals surface area contributed by atoms with Crippen molar-refractivity contribution >= 4 is 11.7 Å². The number of rotatable bonds is 8. The maximum Gasteiger partial charge on any atom is 0.305 e. The highest BCUT2D eigenvalue weighted by Crippen LogP contribution is 2.15. The summed E-state index contributed by atoms with van der Waals surface area (Å²) in [6.07, 6.45) is 2.77. The third kappa shape index (κ3) is 6.18. The molecule has 0 fully saturated rings. The number of carbonyl (C=O) groups is 1. The molecular formula is C14H19F2NO2. The molecule has 0 amide bonds. The second kappa shape index (κ2) is 8.45. The van der Waals surface area contributed by atoms with Crippen LogP contribution in [-0.2, 0) is 9.53 Å². The average Bonchev–Trinajstić information content (AvgIpc) is 2.38. The highest BCUT2D eigenvalue weighted by Gasteiger charge is 2.03. The van der Waals surface area contributed by atoms with E-state index in [0.29, 0.717) is 19.6 Å². The van der Waals surface area contributed by atoms with Gasteiger partial charge in [-0.1, -0.05) is 6.42 Å². The number of hydrogen-bond acceptors (Lipinski definition) is 3. The Morgan fingerprint density at radius 1 is 1.26 bits per heavy atom. The third-order valence-electron chi connectivity index (χ3n) is 2.61. The molecule has 0 aliphatic carbocycles. The van der Waals surface area contributed by atoms with Gasteiger partial charge in [0.15, 0.2) is 0 Å². The Balaban J connectivity index is 2.14. The van der Waals surface area contributed by atoms with Crippen LogP contribution in [0, 0.1) is 11.6 Å². The first-order valence-electron chi connectivity index (χ1n) is 6.48. The SMILES string of the molecule is CCOC(=O)CCCCCNc1cc(F)ccc1F. The summed E-state index contributed by atoms with van der Waals surface area (Å²) in [7, 11) is 0. The van der Waals surface area contributed by atoms with E-state index in [0.717, 1.165) is 37.5 Å². The first kappa shape index (κ1) is 15.4. The van der Waals surface area contributed by atoms with E-state index in [-0.39, 0.29) is 11.7 Å². The molecule has 0 atom stereocenters. The third-order valence-corrected chi connectivity index (χ3v) is 2.61. The lowest BCUT2D eigenvalue weighted by Gasteiger charge is -2.07. The molecule has 0 radical (unpaired) electrons. The molecule has 0 unspecified atom stereocenters. The topological polar surface area (TPSA) is 38.3 Å². The van der Waals surface area contributed by atoms with Crippen LogP contribution in [0.25, 0.3) is 0 Å². The van der Waals surface area contributed by atoms with Crippen LogP contribution in [0.4, 0.5) is 14.5 Å². The first-order valence-corrected chi connectivity index (χ1v) is 6.48. The highest BCUT2D eigenvalue weighted by molar-refractivity contribution is 5.69. The van der Waals surface area contributed by atoms with Gasteiger partial charge in [-0.15, -0.1) is 0 Å². The van der Waals surface area contributed by atoms with Crippen molar-refractivity contribution in [3.63, 3.8) is 0 Å². The Morgan fingerprint density at radius 2 is 2.05 bits per heavy atom. The number of anilines is 1. The van der Waals surface area contributed by atoms with E-state index in [9.17, 15) is 13.6 Å². The van der Waals surface area contributed by atoms with Crippen molar-refractivity contribution in [3.8, 4) is 0 Å². The Morgan fingerprint density at radius 3 is 2.79 bits per heavy atom. The van der Waals surface area contributed by atoms with Crippen LogP contribution in [0.5, 0.6) is 0 Å². The fraction of sp³-hybridized carbons (Fsp3) is 0.500. The first-order chi connectivity index (χ1) is 9.13. The van der Waals surface area contributed by atoms with Crippen LogP contribution in [0.2, 0.25) is 0 Å². The van der Waals surface area contributed by atoms with Gasteiger partial charge in [0.1, 0.15) is 11.6 Å². The molecule has 1 N–H and O–H groups in total. The van der Waals surface area contributed by atoms with Crippen molar-refractivity contribution in [3.05, 3.63) is 29.8 Å². The number of nitrogens with one attached hydrogen (secondary N) is 1. The smallest absolute Gasteiger partial charge is 0.305 e. The molecule has 0 aromatic heterocycles. The zero-order valence-electron chi connectivity index (χ0n) is 11.0. The zero-order valence-corrected chi connectivity index (χ0v) is 11.0. The van der Waals surface area contributed by atoms with Gasteiger partial charge in [-0.2, -0.15) is 0 Å². The largest absolute Gasteiger partial charge is 0.466 e. The van der Waals surface area contributed by atoms with Crippen LogP contribution in [0.15, 0.2) is 18.2 Å². The molecule has 1 aromatic carbocycles. The van der Waals surface area contributed by atoms with Crippen molar-refractivity contribution < 1.29 is 18.3 Å². The summed E-state index contributed by atoms with van der Waals surface area (Å²) in [5.41, 5.74) is 0.172. The molecule has 0 heterocycles. The van der Waals surface area contributed by atoms with Crippen molar-refractivity contribution in [2.24, 2.45) is 0 Å². The van der Waals surface area contributed by atoms with Gasteiger partial charge in [0.25, 0.3) is 0 Å². The number of unbranched alkanes of at least 4 members (excludes halogenated alkanes) is 2. The molecule has 0 aliphatic rings. The molecule has 106 valence electrons. The van der Waals surface area contributed by atoms with E-state index in [1.807, 2.05) is 0 Å². The van der Waals surface area contributed by atoms with Crippen molar-refractivity contribution in [2.45, 2.75) is 32.6 Å². The highest BCUT2D eigenvalue weighted by atomic mass is 19.1. The molecule has 1 rings (SSSR count). The molecule has 3 nitrogen and oxygen atoms in total. The minimum Gasteiger partial charge on any atom is -0.466 e. The molecule has 1 aromatic rings. The molecule has 19 heavy (non-hydrogen) atoms. The molecule has 0 bridgehead atoms. The predicted octanol–water partition coefficient (Wildman–Crippen LogP) is 3.50. The molecule has 5 heteroatoms. The van der Waals surface area contributed by atoms with E-state index in [1.165, 1.54) is 0 Å². The Kier molecular flexibility index (Phi) is 6.85. The minimum atomic E-state index is -0.466. The van der Waals surface area contributed by atoms with Crippen LogP contribution < -0.4 is 5.32 Å². The molecular weight excluding hydrogens is 252 g/mol. The van der Waals surface area contributed by atoms with Gasteiger partial charge in [0, 0.05) is 13.0 Å². The van der Waals surface area contributed by atoms with Gasteiger partial charge in [-0.3, -0.25) is 4.79 Å². The molecule has 0 spiro atoms. The van der Waals surface area contributed by atoms with E-state index < -0.39 is 11.6 Å². The minimum absolute atomic E-state index is 0.172. The predicted molar refractivity (Wildman–Crippen MR) is 69.9 cm³/mol. The summed E-state index contributed by atoms with van der Waals surface area (Å²) in [4.78, 5) is 11.1. The number of ether oxygens (including phenoxy) is 1. The second-order valence-corrected chi connectivity index (χ2v) is 4.17. The molecule has 0 aliphatic heterocycles. The van der Waals surface area contributed by atoms with E-state index in [2.05, 4.69) is 5.32 Å². The van der Waals surface area contributed by atoms with Crippen molar-refractivity contribution in [1.29, 1.82) is 0 Å². The average molecular weight is 271 g/mol. The quantitative estimate of drug-likeness (QED) is 0.581. The van der Waals surface area contributed by atoms with Crippen LogP contribution in [0.1, 0.15) is 32.6 Å². The standard InChI is InChI=1S/C14H19F2NO2/c1-2-19-14(18)6-4-3-5-9-17-13-10-11(15)7-8-12(13)16/h7-8,10,17H,2-6,9H2,1H3. The fourth-order valence-corrected chi connectivity index (χ4v) is 1.66. The lowest BCUT2D eigenvalue weighted by Crippen LogP contribution is -2.05. The maximum absolute atomic E-state index is 13.2. The van der Waals surface area contributed by atoms with Gasteiger partial charge in [0.05, 0.1) is 12.3 Å². The van der Waals surface area contributed by atoms with Crippen LogP contribution in [0.3, 0.4) is 0 Å². The lowest BCUT2D eigenvalue weighted by molar-refractivity contribution is -0.143. The van der Waals surface area contributed by atoms with E-state index in [4.69, 9.17) is 4.74 Å². The Hall–Kier alpha value is -1.65. The summed E-state index contributed by atoms with van der Waals surface area (Å²) in [6.45, 7) is 2.72. The monoisotopic (exact) mass is 271 g/mol. The summed E-state index contributed by atoms with van der Waals surface area (Å²) in [6, 6.07) is 3.31. The van der Waals surface area contributed by atoms with Crippen LogP contribution >= 0.6 is 0 Å². The van der Waals surface area contributed by atoms with Gasteiger partial charge in [0.2, 0.25) is 0 Å². The van der Waals surface area contributed by atoms with Gasteiger partial charge >= 0.3 is 5.97 Å². The van der Waals surface area contributed by atoms with E-state index in [1.54, 1.807) is 6.92 Å². The number of halogens is 2. The van der Waals surface area contributed by atoms with Crippen LogP contribution in [-0.4, -0.2) is 19.1 Å². The summed E-state index contributed by atoms with van der Waals surface area (Å²) in [5, 5.41) is 2.84. The number of esters is 1. The van der Waals surface area contributed by atoms with E-state index >= 15 is 0 Å². The summed E-state index contributed by atoms with van der Waals surface area (Å²) >= 11 is 0. The van der Waals surface area contributed by atoms with Gasteiger partial charge < -0.3 is 10.1 Å². The summed E-state index contributed by atoms with van der Waals surface area (Å²) < 4.78 is 30.9. The second-order valence-electron chi connectivity index (χ2n) is 4.17. The number of hydrogen-bond donors (Lipinski definition) is 1. The fourth-order valence-electron chi connectivity index (χ4n) is 1.66. The number of benzene rings is 1. The van der Waals surface area contributed by atoms with Gasteiger partial charge in [-0.05, 0) is 38.0 Å². The number of carbonyl (C=O) groups excluding carboxylic acids is 1. The normalized spacial score (nSPS) is 10.3. The molecule has 0 saturated carbocycles. The Labute approximate surface area is 112 Å². The lowest BCUT2D eigenvalue weighted by atomic mass is 10.2. The van der Waals surface area contributed by atoms with Gasteiger partial charge in [-0.25, -0.2) is 8.78 Å².